The molecule has 0 saturated carbocycles. The molecule has 0 bridgehead atoms. The molecular formula is C13H13F3N2OS. The maximum atomic E-state index is 13.1. The van der Waals surface area contributed by atoms with E-state index >= 15 is 0 Å². The topological polar surface area (TPSA) is 37.8 Å². The number of H-pyrrole nitrogens is 1. The van der Waals surface area contributed by atoms with Crippen molar-refractivity contribution in [3.8, 4) is 0 Å². The third-order valence-corrected chi connectivity index (χ3v) is 4.84. The number of halogens is 3. The summed E-state index contributed by atoms with van der Waals surface area (Å²) >= 11 is 1.54. The van der Waals surface area contributed by atoms with Crippen molar-refractivity contribution in [3.63, 3.8) is 0 Å². The van der Waals surface area contributed by atoms with Crippen LogP contribution in [0.5, 0.6) is 0 Å². The Morgan fingerprint density at radius 2 is 2.10 bits per heavy atom. The molecule has 3 rings (SSSR count). The van der Waals surface area contributed by atoms with Gasteiger partial charge in [-0.1, -0.05) is 6.07 Å². The molecule has 0 aliphatic carbocycles. The fourth-order valence-electron chi connectivity index (χ4n) is 2.61. The Balaban J connectivity index is 2.25. The molecule has 2 aromatic rings. The Kier molecular flexibility index (Phi) is 3.32. The Morgan fingerprint density at radius 3 is 2.75 bits per heavy atom. The van der Waals surface area contributed by atoms with Crippen LogP contribution in [-0.2, 0) is 6.18 Å². The molecule has 108 valence electrons. The van der Waals surface area contributed by atoms with Crippen LogP contribution in [-0.4, -0.2) is 15.3 Å². The van der Waals surface area contributed by atoms with Gasteiger partial charge in [0.15, 0.2) is 0 Å². The molecule has 3 nitrogen and oxygen atoms in total. The lowest BCUT2D eigenvalue weighted by atomic mass is 10.1. The normalized spacial score (nSPS) is 20.4. The molecule has 1 atom stereocenters. The van der Waals surface area contributed by atoms with Crippen molar-refractivity contribution in [1.82, 2.24) is 9.55 Å². The van der Waals surface area contributed by atoms with Gasteiger partial charge in [0, 0.05) is 0 Å². The molecular weight excluding hydrogens is 289 g/mol. The van der Waals surface area contributed by atoms with Gasteiger partial charge >= 0.3 is 11.9 Å². The van der Waals surface area contributed by atoms with E-state index in [1.165, 1.54) is 16.7 Å². The van der Waals surface area contributed by atoms with Crippen molar-refractivity contribution in [3.05, 3.63) is 34.2 Å². The quantitative estimate of drug-likeness (QED) is 0.871. The van der Waals surface area contributed by atoms with E-state index in [-0.39, 0.29) is 16.4 Å². The van der Waals surface area contributed by atoms with E-state index < -0.39 is 17.4 Å². The number of thioether (sulfide) groups is 1. The minimum absolute atomic E-state index is 0.0237. The molecule has 1 fully saturated rings. The zero-order valence-corrected chi connectivity index (χ0v) is 11.4. The number of alkyl halides is 3. The second-order valence-electron chi connectivity index (χ2n) is 4.82. The first-order valence-corrected chi connectivity index (χ1v) is 7.45. The first-order valence-electron chi connectivity index (χ1n) is 6.40. The molecule has 1 unspecified atom stereocenters. The van der Waals surface area contributed by atoms with Crippen molar-refractivity contribution in [2.45, 2.75) is 30.8 Å². The smallest absolute Gasteiger partial charge is 0.305 e. The summed E-state index contributed by atoms with van der Waals surface area (Å²) in [5.41, 5.74) is -0.990. The molecule has 7 heteroatoms. The minimum Gasteiger partial charge on any atom is -0.305 e. The van der Waals surface area contributed by atoms with Gasteiger partial charge in [-0.15, -0.1) is 11.8 Å². The molecule has 2 heterocycles. The molecule has 1 aromatic carbocycles. The number of aromatic amines is 1. The Morgan fingerprint density at radius 1 is 1.30 bits per heavy atom. The highest BCUT2D eigenvalue weighted by Crippen LogP contribution is 2.39. The molecule has 1 N–H and O–H groups in total. The number of fused-ring (bicyclic) bond motifs is 1. The number of para-hydroxylation sites is 1. The van der Waals surface area contributed by atoms with E-state index in [0.717, 1.165) is 31.1 Å². The highest BCUT2D eigenvalue weighted by Gasteiger charge is 2.35. The fourth-order valence-corrected chi connectivity index (χ4v) is 3.94. The zero-order chi connectivity index (χ0) is 14.3. The first kappa shape index (κ1) is 13.6. The molecule has 1 aliphatic heterocycles. The number of benzene rings is 1. The van der Waals surface area contributed by atoms with Crippen LogP contribution in [0.3, 0.4) is 0 Å². The number of hydrogen-bond acceptors (Lipinski definition) is 2. The van der Waals surface area contributed by atoms with Crippen LogP contribution in [0.25, 0.3) is 11.0 Å². The highest BCUT2D eigenvalue weighted by molar-refractivity contribution is 7.99. The van der Waals surface area contributed by atoms with Crippen LogP contribution >= 0.6 is 11.8 Å². The van der Waals surface area contributed by atoms with Crippen LogP contribution in [0.15, 0.2) is 23.0 Å². The van der Waals surface area contributed by atoms with Crippen LogP contribution in [0, 0.1) is 0 Å². The Hall–Kier alpha value is -1.37. The Labute approximate surface area is 117 Å². The number of aromatic nitrogens is 2. The summed E-state index contributed by atoms with van der Waals surface area (Å²) in [6, 6.07) is 3.86. The predicted molar refractivity (Wildman–Crippen MR) is 72.9 cm³/mol. The summed E-state index contributed by atoms with van der Waals surface area (Å²) in [6.07, 6.45) is -1.76. The largest absolute Gasteiger partial charge is 0.418 e. The van der Waals surface area contributed by atoms with Crippen molar-refractivity contribution in [2.75, 3.05) is 5.75 Å². The maximum Gasteiger partial charge on any atom is 0.418 e. The van der Waals surface area contributed by atoms with Crippen LogP contribution in [0.2, 0.25) is 0 Å². The number of nitrogens with one attached hydrogen (secondary N) is 1. The highest BCUT2D eigenvalue weighted by atomic mass is 32.2. The molecule has 1 aliphatic rings. The van der Waals surface area contributed by atoms with Crippen LogP contribution < -0.4 is 5.69 Å². The second kappa shape index (κ2) is 4.87. The summed E-state index contributed by atoms with van der Waals surface area (Å²) in [6.45, 7) is 0. The van der Waals surface area contributed by atoms with Gasteiger partial charge in [0.05, 0.1) is 22.0 Å². The van der Waals surface area contributed by atoms with Gasteiger partial charge in [-0.25, -0.2) is 4.79 Å². The molecule has 1 aromatic heterocycles. The van der Waals surface area contributed by atoms with Crippen molar-refractivity contribution >= 4 is 22.8 Å². The third kappa shape index (κ3) is 2.24. The van der Waals surface area contributed by atoms with Gasteiger partial charge in [0.25, 0.3) is 0 Å². The summed E-state index contributed by atoms with van der Waals surface area (Å²) in [7, 11) is 0. The van der Waals surface area contributed by atoms with Crippen LogP contribution in [0.1, 0.15) is 30.2 Å². The van der Waals surface area contributed by atoms with Gasteiger partial charge in [-0.05, 0) is 37.1 Å². The van der Waals surface area contributed by atoms with Crippen molar-refractivity contribution in [1.29, 1.82) is 0 Å². The molecule has 20 heavy (non-hydrogen) atoms. The summed E-state index contributed by atoms with van der Waals surface area (Å²) in [5, 5.41) is -0.214. The maximum absolute atomic E-state index is 13.1. The van der Waals surface area contributed by atoms with E-state index in [0.29, 0.717) is 0 Å². The van der Waals surface area contributed by atoms with Crippen LogP contribution in [0.4, 0.5) is 13.2 Å². The molecule has 0 spiro atoms. The van der Waals surface area contributed by atoms with E-state index in [1.54, 1.807) is 11.8 Å². The van der Waals surface area contributed by atoms with Gasteiger partial charge in [-0.2, -0.15) is 13.2 Å². The van der Waals surface area contributed by atoms with Gasteiger partial charge in [0.2, 0.25) is 0 Å². The summed E-state index contributed by atoms with van der Waals surface area (Å²) < 4.78 is 40.7. The van der Waals surface area contributed by atoms with Gasteiger partial charge in [-0.3, -0.25) is 4.57 Å². The lowest BCUT2D eigenvalue weighted by molar-refractivity contribution is -0.136. The van der Waals surface area contributed by atoms with E-state index in [2.05, 4.69) is 4.98 Å². The standard InChI is InChI=1S/C13H13F3N2OS/c14-13(15,16)8-4-3-5-9-11(8)18(12(19)17-9)10-6-1-2-7-20-10/h3-5,10H,1-2,6-7H2,(H,17,19). The zero-order valence-electron chi connectivity index (χ0n) is 10.5. The SMILES string of the molecule is O=c1[nH]c2cccc(C(F)(F)F)c2n1C1CCCCS1. The van der Waals surface area contributed by atoms with E-state index in [1.807, 2.05) is 0 Å². The molecule has 0 radical (unpaired) electrons. The fraction of sp³-hybridized carbons (Fsp3) is 0.462. The third-order valence-electron chi connectivity index (χ3n) is 3.49. The predicted octanol–water partition coefficient (Wildman–Crippen LogP) is 3.76. The molecule has 0 amide bonds. The van der Waals surface area contributed by atoms with Crippen molar-refractivity contribution < 1.29 is 13.2 Å². The van der Waals surface area contributed by atoms with E-state index in [4.69, 9.17) is 0 Å². The minimum atomic E-state index is -4.46. The monoisotopic (exact) mass is 302 g/mol. The summed E-state index contributed by atoms with van der Waals surface area (Å²) in [4.78, 5) is 14.6. The number of rotatable bonds is 1. The van der Waals surface area contributed by atoms with Crippen molar-refractivity contribution in [2.24, 2.45) is 0 Å². The average molecular weight is 302 g/mol. The summed E-state index contributed by atoms with van der Waals surface area (Å²) in [5.74, 6) is 0.873. The first-order chi connectivity index (χ1) is 9.48. The number of imidazole rings is 1. The number of hydrogen-bond donors (Lipinski definition) is 1. The lowest BCUT2D eigenvalue weighted by Gasteiger charge is -2.23. The van der Waals surface area contributed by atoms with Gasteiger partial charge in [0.1, 0.15) is 0 Å². The number of nitrogens with zero attached hydrogens (tertiary/aromatic N) is 1. The molecule has 1 saturated heterocycles. The van der Waals surface area contributed by atoms with E-state index in [9.17, 15) is 18.0 Å². The lowest BCUT2D eigenvalue weighted by Crippen LogP contribution is -2.23. The second-order valence-corrected chi connectivity index (χ2v) is 6.11. The average Bonchev–Trinajstić information content (AvgIpc) is 2.74. The Bertz CT molecular complexity index is 683. The van der Waals surface area contributed by atoms with Gasteiger partial charge < -0.3 is 4.98 Å².